The highest BCUT2D eigenvalue weighted by molar-refractivity contribution is 9.10. The van der Waals surface area contributed by atoms with Gasteiger partial charge >= 0.3 is 0 Å². The van der Waals surface area contributed by atoms with Crippen molar-refractivity contribution in [2.75, 3.05) is 20.3 Å². The van der Waals surface area contributed by atoms with Crippen molar-refractivity contribution in [3.05, 3.63) is 28.2 Å². The lowest BCUT2D eigenvalue weighted by Crippen LogP contribution is -2.29. The minimum Gasteiger partial charge on any atom is -0.496 e. The summed E-state index contributed by atoms with van der Waals surface area (Å²) in [4.78, 5) is 0. The monoisotopic (exact) mass is 318 g/mol. The molecule has 0 aromatic heterocycles. The highest BCUT2D eigenvalue weighted by Gasteiger charge is 2.24. The van der Waals surface area contributed by atoms with E-state index in [0.717, 1.165) is 36.3 Å². The fourth-order valence-corrected chi connectivity index (χ4v) is 2.94. The average molecular weight is 320 g/mol. The Kier molecular flexibility index (Phi) is 4.71. The molecule has 17 heavy (non-hydrogen) atoms. The van der Waals surface area contributed by atoms with E-state index in [1.54, 1.807) is 7.11 Å². The topological polar surface area (TPSA) is 18.5 Å². The van der Waals surface area contributed by atoms with Crippen LogP contribution in [0.5, 0.6) is 5.75 Å². The molecule has 0 saturated carbocycles. The van der Waals surface area contributed by atoms with Gasteiger partial charge in [0.2, 0.25) is 0 Å². The molecule has 1 aliphatic heterocycles. The summed E-state index contributed by atoms with van der Waals surface area (Å²) in [5, 5.41) is 0.227. The summed E-state index contributed by atoms with van der Waals surface area (Å²) in [5.41, 5.74) is 1.26. The van der Waals surface area contributed by atoms with Crippen molar-refractivity contribution in [1.82, 2.24) is 0 Å². The molecule has 94 valence electrons. The fourth-order valence-electron chi connectivity index (χ4n) is 2.10. The largest absolute Gasteiger partial charge is 0.496 e. The molecule has 1 heterocycles. The minimum absolute atomic E-state index is 0.227. The Morgan fingerprint density at radius 3 is 3.00 bits per heavy atom. The molecule has 0 amide bonds. The van der Waals surface area contributed by atoms with E-state index < -0.39 is 0 Å². The van der Waals surface area contributed by atoms with Gasteiger partial charge in [0.05, 0.1) is 18.2 Å². The maximum atomic E-state index is 6.31. The Morgan fingerprint density at radius 1 is 1.53 bits per heavy atom. The van der Waals surface area contributed by atoms with Crippen LogP contribution < -0.4 is 4.74 Å². The van der Waals surface area contributed by atoms with Crippen LogP contribution >= 0.6 is 27.5 Å². The molecule has 1 aromatic rings. The van der Waals surface area contributed by atoms with E-state index in [-0.39, 0.29) is 5.38 Å². The highest BCUT2D eigenvalue weighted by atomic mass is 79.9. The Hall–Kier alpha value is -0.250. The van der Waals surface area contributed by atoms with Crippen LogP contribution in [-0.4, -0.2) is 25.7 Å². The van der Waals surface area contributed by atoms with E-state index >= 15 is 0 Å². The summed E-state index contributed by atoms with van der Waals surface area (Å²) in [5.74, 6) is 1.27. The summed E-state index contributed by atoms with van der Waals surface area (Å²) < 4.78 is 11.7. The smallest absolute Gasteiger partial charge is 0.133 e. The SMILES string of the molecule is COc1ccc(CC2COCCC2Cl)cc1Br. The molecule has 1 fully saturated rings. The first kappa shape index (κ1) is 13.2. The first-order valence-corrected chi connectivity index (χ1v) is 6.98. The van der Waals surface area contributed by atoms with Gasteiger partial charge in [-0.05, 0) is 46.5 Å². The predicted octanol–water partition coefficient (Wildman–Crippen LogP) is 3.64. The Balaban J connectivity index is 2.05. The van der Waals surface area contributed by atoms with Gasteiger partial charge in [-0.1, -0.05) is 6.07 Å². The van der Waals surface area contributed by atoms with E-state index in [0.29, 0.717) is 5.92 Å². The molecule has 2 unspecified atom stereocenters. The Labute approximate surface area is 115 Å². The normalized spacial score (nSPS) is 24.6. The van der Waals surface area contributed by atoms with Gasteiger partial charge in [-0.2, -0.15) is 0 Å². The third-order valence-corrected chi connectivity index (χ3v) is 4.29. The predicted molar refractivity (Wildman–Crippen MR) is 73.0 cm³/mol. The maximum absolute atomic E-state index is 6.31. The number of halogens is 2. The van der Waals surface area contributed by atoms with Crippen LogP contribution in [0.25, 0.3) is 0 Å². The quantitative estimate of drug-likeness (QED) is 0.792. The summed E-state index contributed by atoms with van der Waals surface area (Å²) in [6, 6.07) is 6.16. The molecule has 1 aliphatic rings. The fraction of sp³-hybridized carbons (Fsp3) is 0.538. The molecule has 1 saturated heterocycles. The van der Waals surface area contributed by atoms with Crippen LogP contribution in [0.1, 0.15) is 12.0 Å². The number of benzene rings is 1. The van der Waals surface area contributed by atoms with Crippen molar-refractivity contribution < 1.29 is 9.47 Å². The second-order valence-corrected chi connectivity index (χ2v) is 5.73. The van der Waals surface area contributed by atoms with Crippen molar-refractivity contribution in [1.29, 1.82) is 0 Å². The third-order valence-electron chi connectivity index (χ3n) is 3.10. The summed E-state index contributed by atoms with van der Waals surface area (Å²) in [6.07, 6.45) is 1.90. The number of hydrogen-bond acceptors (Lipinski definition) is 2. The molecule has 1 aromatic carbocycles. The Morgan fingerprint density at radius 2 is 2.35 bits per heavy atom. The lowest BCUT2D eigenvalue weighted by Gasteiger charge is -2.27. The van der Waals surface area contributed by atoms with E-state index in [1.807, 2.05) is 6.07 Å². The van der Waals surface area contributed by atoms with Crippen LogP contribution in [0.3, 0.4) is 0 Å². The van der Waals surface area contributed by atoms with Crippen molar-refractivity contribution in [3.63, 3.8) is 0 Å². The molecule has 4 heteroatoms. The Bertz CT molecular complexity index is 384. The zero-order chi connectivity index (χ0) is 12.3. The van der Waals surface area contributed by atoms with E-state index in [4.69, 9.17) is 21.1 Å². The highest BCUT2D eigenvalue weighted by Crippen LogP contribution is 2.29. The van der Waals surface area contributed by atoms with Gasteiger partial charge in [-0.25, -0.2) is 0 Å². The molecule has 0 bridgehead atoms. The van der Waals surface area contributed by atoms with Gasteiger partial charge in [-0.3, -0.25) is 0 Å². The average Bonchev–Trinajstić information content (AvgIpc) is 2.32. The lowest BCUT2D eigenvalue weighted by atomic mass is 9.94. The molecule has 0 radical (unpaired) electrons. The summed E-state index contributed by atoms with van der Waals surface area (Å²) in [7, 11) is 1.67. The second-order valence-electron chi connectivity index (χ2n) is 4.31. The van der Waals surface area contributed by atoms with E-state index in [2.05, 4.69) is 28.1 Å². The third kappa shape index (κ3) is 3.36. The molecule has 0 spiro atoms. The van der Waals surface area contributed by atoms with Crippen molar-refractivity contribution >= 4 is 27.5 Å². The van der Waals surface area contributed by atoms with Crippen molar-refractivity contribution in [2.45, 2.75) is 18.2 Å². The van der Waals surface area contributed by atoms with E-state index in [9.17, 15) is 0 Å². The van der Waals surface area contributed by atoms with Crippen LogP contribution in [-0.2, 0) is 11.2 Å². The van der Waals surface area contributed by atoms with Gasteiger partial charge in [0.25, 0.3) is 0 Å². The molecule has 0 N–H and O–H groups in total. The van der Waals surface area contributed by atoms with Gasteiger partial charge < -0.3 is 9.47 Å². The van der Waals surface area contributed by atoms with Crippen molar-refractivity contribution in [3.8, 4) is 5.75 Å². The van der Waals surface area contributed by atoms with Crippen molar-refractivity contribution in [2.24, 2.45) is 5.92 Å². The van der Waals surface area contributed by atoms with Gasteiger partial charge in [-0.15, -0.1) is 11.6 Å². The standard InChI is InChI=1S/C13H16BrClO2/c1-16-13-3-2-9(7-11(13)14)6-10-8-17-5-4-12(10)15/h2-3,7,10,12H,4-6,8H2,1H3. The number of hydrogen-bond donors (Lipinski definition) is 0. The number of alkyl halides is 1. The van der Waals surface area contributed by atoms with Crippen LogP contribution in [0.4, 0.5) is 0 Å². The molecular formula is C13H16BrClO2. The molecule has 2 atom stereocenters. The zero-order valence-corrected chi connectivity index (χ0v) is 12.1. The molecule has 2 rings (SSSR count). The lowest BCUT2D eigenvalue weighted by molar-refractivity contribution is 0.0578. The summed E-state index contributed by atoms with van der Waals surface area (Å²) >= 11 is 9.81. The van der Waals surface area contributed by atoms with Crippen LogP contribution in [0.2, 0.25) is 0 Å². The zero-order valence-electron chi connectivity index (χ0n) is 9.79. The van der Waals surface area contributed by atoms with Gasteiger partial charge in [0, 0.05) is 17.9 Å². The van der Waals surface area contributed by atoms with Crippen LogP contribution in [0.15, 0.2) is 22.7 Å². The number of methoxy groups -OCH3 is 1. The van der Waals surface area contributed by atoms with Gasteiger partial charge in [0.1, 0.15) is 5.75 Å². The van der Waals surface area contributed by atoms with Crippen LogP contribution in [0, 0.1) is 5.92 Å². The number of rotatable bonds is 3. The first-order valence-electron chi connectivity index (χ1n) is 5.75. The molecule has 0 aliphatic carbocycles. The minimum atomic E-state index is 0.227. The summed E-state index contributed by atoms with van der Waals surface area (Å²) in [6.45, 7) is 1.55. The number of ether oxygens (including phenoxy) is 2. The maximum Gasteiger partial charge on any atom is 0.133 e. The van der Waals surface area contributed by atoms with Gasteiger partial charge in [0.15, 0.2) is 0 Å². The first-order chi connectivity index (χ1) is 8.20. The van der Waals surface area contributed by atoms with E-state index in [1.165, 1.54) is 5.56 Å². The molecular weight excluding hydrogens is 303 g/mol. The molecule has 2 nitrogen and oxygen atoms in total. The second kappa shape index (κ2) is 6.07.